The van der Waals surface area contributed by atoms with Crippen molar-refractivity contribution >= 4 is 11.7 Å². The molecule has 1 N–H and O–H groups in total. The third-order valence-corrected chi connectivity index (χ3v) is 3.32. The highest BCUT2D eigenvalue weighted by Crippen LogP contribution is 2.12. The average molecular weight is 301 g/mol. The molecule has 2 aromatic rings. The maximum atomic E-state index is 10.7. The van der Waals surface area contributed by atoms with Crippen molar-refractivity contribution in [3.8, 4) is 5.75 Å². The minimum Gasteiger partial charge on any atom is -0.493 e. The van der Waals surface area contributed by atoms with Gasteiger partial charge in [-0.05, 0) is 24.3 Å². The van der Waals surface area contributed by atoms with E-state index >= 15 is 0 Å². The van der Waals surface area contributed by atoms with Gasteiger partial charge in [-0.25, -0.2) is 9.36 Å². The number of hydrogen-bond donors (Lipinski definition) is 1. The molecular formula is C17H21N2O3+. The Hall–Kier alpha value is -2.56. The quantitative estimate of drug-likeness (QED) is 0.629. The summed E-state index contributed by atoms with van der Waals surface area (Å²) in [5.74, 6) is -0.234. The zero-order valence-corrected chi connectivity index (χ0v) is 12.9. The van der Waals surface area contributed by atoms with Crippen LogP contribution in [-0.4, -0.2) is 31.8 Å². The summed E-state index contributed by atoms with van der Waals surface area (Å²) < 4.78 is 7.72. The van der Waals surface area contributed by atoms with Gasteiger partial charge in [0.05, 0.1) is 12.2 Å². The van der Waals surface area contributed by atoms with Crippen LogP contribution in [0.25, 0.3) is 0 Å². The highest BCUT2D eigenvalue weighted by atomic mass is 16.5. The molecule has 0 amide bonds. The Balaban J connectivity index is 1.75. The van der Waals surface area contributed by atoms with Gasteiger partial charge in [-0.1, -0.05) is 0 Å². The number of benzene rings is 1. The van der Waals surface area contributed by atoms with E-state index in [2.05, 4.69) is 34.0 Å². The molecule has 0 radical (unpaired) electrons. The summed E-state index contributed by atoms with van der Waals surface area (Å²) >= 11 is 0. The SMILES string of the molecule is CN(C)c1cc[n+](CCCOc2ccc(C(=O)O)cc2)cc1. The van der Waals surface area contributed by atoms with Crippen LogP contribution >= 0.6 is 0 Å². The number of rotatable bonds is 7. The number of ether oxygens (including phenoxy) is 1. The molecule has 0 aliphatic carbocycles. The monoisotopic (exact) mass is 301 g/mol. The van der Waals surface area contributed by atoms with Gasteiger partial charge in [0.25, 0.3) is 0 Å². The number of nitrogens with zero attached hydrogens (tertiary/aromatic N) is 2. The number of carboxylic acid groups (broad SMARTS) is 1. The van der Waals surface area contributed by atoms with Crippen LogP contribution < -0.4 is 14.2 Å². The molecule has 0 aliphatic rings. The van der Waals surface area contributed by atoms with Gasteiger partial charge in [0.2, 0.25) is 0 Å². The lowest BCUT2D eigenvalue weighted by Gasteiger charge is -2.10. The van der Waals surface area contributed by atoms with E-state index < -0.39 is 5.97 Å². The van der Waals surface area contributed by atoms with E-state index in [1.165, 1.54) is 5.69 Å². The second-order valence-corrected chi connectivity index (χ2v) is 5.22. The summed E-state index contributed by atoms with van der Waals surface area (Å²) in [6.07, 6.45) is 4.99. The molecular weight excluding hydrogens is 280 g/mol. The van der Waals surface area contributed by atoms with Gasteiger partial charge < -0.3 is 14.7 Å². The van der Waals surface area contributed by atoms with Crippen molar-refractivity contribution in [1.29, 1.82) is 0 Å². The largest absolute Gasteiger partial charge is 0.493 e. The Kier molecular flexibility index (Phi) is 5.36. The molecule has 1 heterocycles. The van der Waals surface area contributed by atoms with Crippen LogP contribution in [0.2, 0.25) is 0 Å². The number of carboxylic acids is 1. The number of carbonyl (C=O) groups is 1. The summed E-state index contributed by atoms with van der Waals surface area (Å²) in [5, 5.41) is 8.82. The fraction of sp³-hybridized carbons (Fsp3) is 0.294. The second kappa shape index (κ2) is 7.45. The fourth-order valence-electron chi connectivity index (χ4n) is 2.03. The normalized spacial score (nSPS) is 10.3. The first-order valence-electron chi connectivity index (χ1n) is 7.19. The van der Waals surface area contributed by atoms with Crippen molar-refractivity contribution in [3.05, 3.63) is 54.4 Å². The molecule has 0 bridgehead atoms. The van der Waals surface area contributed by atoms with Gasteiger partial charge in [0, 0.05) is 38.3 Å². The molecule has 0 spiro atoms. The average Bonchev–Trinajstić information content (AvgIpc) is 2.52. The summed E-state index contributed by atoms with van der Waals surface area (Å²) in [6.45, 7) is 1.47. The van der Waals surface area contributed by atoms with Crippen molar-refractivity contribution in [3.63, 3.8) is 0 Å². The van der Waals surface area contributed by atoms with Crippen molar-refractivity contribution in [2.45, 2.75) is 13.0 Å². The number of pyridine rings is 1. The molecule has 0 saturated carbocycles. The topological polar surface area (TPSA) is 53.7 Å². The van der Waals surface area contributed by atoms with Gasteiger partial charge in [-0.2, -0.15) is 0 Å². The van der Waals surface area contributed by atoms with Crippen LogP contribution in [0.3, 0.4) is 0 Å². The predicted octanol–water partition coefficient (Wildman–Crippen LogP) is 2.21. The Morgan fingerprint density at radius 2 is 1.77 bits per heavy atom. The van der Waals surface area contributed by atoms with Crippen molar-refractivity contribution in [2.24, 2.45) is 0 Å². The summed E-state index contributed by atoms with van der Waals surface area (Å²) in [4.78, 5) is 12.8. The zero-order valence-electron chi connectivity index (χ0n) is 12.9. The van der Waals surface area contributed by atoms with E-state index in [4.69, 9.17) is 9.84 Å². The second-order valence-electron chi connectivity index (χ2n) is 5.22. The van der Waals surface area contributed by atoms with Gasteiger partial charge in [-0.3, -0.25) is 0 Å². The molecule has 1 aromatic heterocycles. The van der Waals surface area contributed by atoms with Gasteiger partial charge in [0.1, 0.15) is 5.75 Å². The first-order chi connectivity index (χ1) is 10.6. The lowest BCUT2D eigenvalue weighted by molar-refractivity contribution is -0.697. The maximum Gasteiger partial charge on any atom is 0.335 e. The Bertz CT molecular complexity index is 607. The van der Waals surface area contributed by atoms with Gasteiger partial charge in [0.15, 0.2) is 18.9 Å². The highest BCUT2D eigenvalue weighted by Gasteiger charge is 2.04. The number of anilines is 1. The first-order valence-corrected chi connectivity index (χ1v) is 7.19. The van der Waals surface area contributed by atoms with E-state index in [-0.39, 0.29) is 5.56 Å². The number of aromatic carboxylic acids is 1. The Labute approximate surface area is 130 Å². The van der Waals surface area contributed by atoms with Crippen LogP contribution in [0.5, 0.6) is 5.75 Å². The van der Waals surface area contributed by atoms with Crippen molar-refractivity contribution in [1.82, 2.24) is 0 Å². The van der Waals surface area contributed by atoms with E-state index in [0.717, 1.165) is 13.0 Å². The summed E-state index contributed by atoms with van der Waals surface area (Å²) in [5.41, 5.74) is 1.44. The molecule has 2 rings (SSSR count). The lowest BCUT2D eigenvalue weighted by Crippen LogP contribution is -2.33. The number of hydrogen-bond acceptors (Lipinski definition) is 3. The van der Waals surface area contributed by atoms with Crippen LogP contribution in [-0.2, 0) is 6.54 Å². The molecule has 0 unspecified atom stereocenters. The van der Waals surface area contributed by atoms with Crippen LogP contribution in [0.1, 0.15) is 16.8 Å². The molecule has 0 fully saturated rings. The van der Waals surface area contributed by atoms with E-state index in [0.29, 0.717) is 12.4 Å². The molecule has 1 aromatic carbocycles. The minimum atomic E-state index is -0.927. The Morgan fingerprint density at radius 1 is 1.14 bits per heavy atom. The third kappa shape index (κ3) is 4.48. The van der Waals surface area contributed by atoms with E-state index in [9.17, 15) is 4.79 Å². The Morgan fingerprint density at radius 3 is 2.32 bits per heavy atom. The molecule has 0 atom stereocenters. The summed E-state index contributed by atoms with van der Waals surface area (Å²) in [7, 11) is 4.03. The van der Waals surface area contributed by atoms with Gasteiger partial charge >= 0.3 is 5.97 Å². The smallest absolute Gasteiger partial charge is 0.335 e. The fourth-order valence-corrected chi connectivity index (χ4v) is 2.03. The van der Waals surface area contributed by atoms with Gasteiger partial charge in [-0.15, -0.1) is 0 Å². The van der Waals surface area contributed by atoms with Crippen molar-refractivity contribution in [2.75, 3.05) is 25.6 Å². The first kappa shape index (κ1) is 15.8. The third-order valence-electron chi connectivity index (χ3n) is 3.32. The minimum absolute atomic E-state index is 0.267. The molecule has 0 aliphatic heterocycles. The molecule has 116 valence electrons. The van der Waals surface area contributed by atoms with Crippen LogP contribution in [0.15, 0.2) is 48.8 Å². The molecule has 5 heteroatoms. The number of aryl methyl sites for hydroxylation is 1. The molecule has 5 nitrogen and oxygen atoms in total. The van der Waals surface area contributed by atoms with E-state index in [1.54, 1.807) is 24.3 Å². The lowest BCUT2D eigenvalue weighted by atomic mass is 10.2. The van der Waals surface area contributed by atoms with E-state index in [1.807, 2.05) is 14.1 Å². The predicted molar refractivity (Wildman–Crippen MR) is 84.5 cm³/mol. The van der Waals surface area contributed by atoms with Crippen molar-refractivity contribution < 1.29 is 19.2 Å². The zero-order chi connectivity index (χ0) is 15.9. The van der Waals surface area contributed by atoms with Crippen LogP contribution in [0, 0.1) is 0 Å². The molecule has 22 heavy (non-hydrogen) atoms. The standard InChI is InChI=1S/C17H20N2O3/c1-18(2)15-8-11-19(12-9-15)10-3-13-22-16-6-4-14(5-7-16)17(20)21/h4-9,11-12H,3,10,13H2,1-2H3/p+1. The van der Waals surface area contributed by atoms with Crippen LogP contribution in [0.4, 0.5) is 5.69 Å². The highest BCUT2D eigenvalue weighted by molar-refractivity contribution is 5.87. The maximum absolute atomic E-state index is 10.7. The summed E-state index contributed by atoms with van der Waals surface area (Å²) in [6, 6.07) is 10.6. The molecule has 0 saturated heterocycles. The number of aromatic nitrogens is 1.